The summed E-state index contributed by atoms with van der Waals surface area (Å²) in [6.45, 7) is 6.01. The average Bonchev–Trinajstić information content (AvgIpc) is 3.25. The summed E-state index contributed by atoms with van der Waals surface area (Å²) < 4.78 is 41.1. The van der Waals surface area contributed by atoms with E-state index in [2.05, 4.69) is 11.9 Å². The highest BCUT2D eigenvalue weighted by molar-refractivity contribution is 8.01. The Labute approximate surface area is 204 Å². The van der Waals surface area contributed by atoms with E-state index < -0.39 is 17.7 Å². The molecule has 0 saturated carbocycles. The van der Waals surface area contributed by atoms with Crippen molar-refractivity contribution in [3.8, 4) is 0 Å². The Morgan fingerprint density at radius 2 is 1.94 bits per heavy atom. The quantitative estimate of drug-likeness (QED) is 0.206. The largest absolute Gasteiger partial charge is 0.481 e. The Kier molecular flexibility index (Phi) is 8.86. The van der Waals surface area contributed by atoms with Crippen molar-refractivity contribution in [2.75, 3.05) is 5.75 Å². The summed E-state index contributed by atoms with van der Waals surface area (Å²) in [5.41, 5.74) is 1.26. The maximum Gasteiger partial charge on any atom is 0.416 e. The van der Waals surface area contributed by atoms with Gasteiger partial charge in [0, 0.05) is 20.2 Å². The number of halogens is 3. The predicted octanol–water partition coefficient (Wildman–Crippen LogP) is 8.47. The van der Waals surface area contributed by atoms with E-state index in [9.17, 15) is 18.0 Å². The Morgan fingerprint density at radius 1 is 1.18 bits per heavy atom. The van der Waals surface area contributed by atoms with E-state index in [0.29, 0.717) is 4.70 Å². The predicted molar refractivity (Wildman–Crippen MR) is 132 cm³/mol. The van der Waals surface area contributed by atoms with Gasteiger partial charge in [0.25, 0.3) is 0 Å². The zero-order valence-corrected chi connectivity index (χ0v) is 21.4. The van der Waals surface area contributed by atoms with Gasteiger partial charge >= 0.3 is 12.1 Å². The third kappa shape index (κ3) is 6.73. The van der Waals surface area contributed by atoms with Crippen molar-refractivity contribution in [2.45, 2.75) is 75.7 Å². The molecule has 33 heavy (non-hydrogen) atoms. The standard InChI is InChI=1S/C24H28F3NO2S3/c1-4-5-6-7-16(10-11-31-23-28-15(3)19(33-23)13-21(29)30)22-14(2)18-9-8-17(24(25,26)27)12-20(18)32-22/h8-9,12,16H,4-7,10-11,13H2,1-3H3,(H,29,30). The molecule has 180 valence electrons. The second-order valence-corrected chi connectivity index (χ2v) is 11.7. The number of unbranched alkanes of at least 4 members (excludes halogenated alkanes) is 2. The van der Waals surface area contributed by atoms with E-state index in [1.54, 1.807) is 17.8 Å². The molecule has 2 heterocycles. The van der Waals surface area contributed by atoms with Crippen LogP contribution in [0.2, 0.25) is 0 Å². The van der Waals surface area contributed by atoms with Crippen LogP contribution in [0.3, 0.4) is 0 Å². The number of rotatable bonds is 11. The average molecular weight is 516 g/mol. The van der Waals surface area contributed by atoms with Crippen LogP contribution in [0.5, 0.6) is 0 Å². The molecule has 9 heteroatoms. The van der Waals surface area contributed by atoms with Gasteiger partial charge in [-0.15, -0.1) is 22.7 Å². The zero-order valence-electron chi connectivity index (χ0n) is 18.9. The Balaban J connectivity index is 1.77. The highest BCUT2D eigenvalue weighted by Crippen LogP contribution is 2.42. The number of thioether (sulfide) groups is 1. The van der Waals surface area contributed by atoms with Crippen molar-refractivity contribution in [1.82, 2.24) is 4.98 Å². The molecule has 0 radical (unpaired) electrons. The first-order valence-corrected chi connectivity index (χ1v) is 13.6. The molecule has 1 N–H and O–H groups in total. The molecule has 2 aromatic heterocycles. The highest BCUT2D eigenvalue weighted by atomic mass is 32.2. The zero-order chi connectivity index (χ0) is 24.2. The monoisotopic (exact) mass is 515 g/mol. The number of aliphatic carboxylic acids is 1. The van der Waals surface area contributed by atoms with Crippen molar-refractivity contribution < 1.29 is 23.1 Å². The number of alkyl halides is 3. The lowest BCUT2D eigenvalue weighted by atomic mass is 9.94. The molecule has 0 saturated heterocycles. The van der Waals surface area contributed by atoms with Gasteiger partial charge in [0.1, 0.15) is 4.34 Å². The molecule has 1 aromatic carbocycles. The first kappa shape index (κ1) is 26.0. The lowest BCUT2D eigenvalue weighted by Gasteiger charge is -2.16. The number of thiophene rings is 1. The summed E-state index contributed by atoms with van der Waals surface area (Å²) >= 11 is 4.56. The molecule has 1 unspecified atom stereocenters. The first-order valence-electron chi connectivity index (χ1n) is 11.0. The number of aromatic nitrogens is 1. The van der Waals surface area contributed by atoms with Crippen LogP contribution < -0.4 is 0 Å². The lowest BCUT2D eigenvalue weighted by molar-refractivity contribution is -0.138. The van der Waals surface area contributed by atoms with Crippen LogP contribution in [-0.2, 0) is 17.4 Å². The van der Waals surface area contributed by atoms with Gasteiger partial charge in [-0.1, -0.05) is 44.0 Å². The molecule has 3 rings (SSSR count). The molecular formula is C24H28F3NO2S3. The van der Waals surface area contributed by atoms with Crippen LogP contribution >= 0.6 is 34.4 Å². The summed E-state index contributed by atoms with van der Waals surface area (Å²) in [6, 6.07) is 4.05. The number of carboxylic acid groups (broad SMARTS) is 1. The minimum atomic E-state index is -4.34. The van der Waals surface area contributed by atoms with E-state index in [0.717, 1.165) is 63.7 Å². The van der Waals surface area contributed by atoms with Gasteiger partial charge in [0.05, 0.1) is 17.7 Å². The van der Waals surface area contributed by atoms with Gasteiger partial charge in [-0.2, -0.15) is 13.2 Å². The van der Waals surface area contributed by atoms with E-state index in [-0.39, 0.29) is 12.3 Å². The molecule has 0 aliphatic rings. The summed E-state index contributed by atoms with van der Waals surface area (Å²) in [7, 11) is 0. The van der Waals surface area contributed by atoms with Crippen LogP contribution in [0.15, 0.2) is 22.5 Å². The molecule has 0 aliphatic heterocycles. The molecule has 0 fully saturated rings. The molecule has 0 aliphatic carbocycles. The molecule has 0 bridgehead atoms. The maximum absolute atomic E-state index is 13.2. The Hall–Kier alpha value is -1.58. The molecule has 3 nitrogen and oxygen atoms in total. The number of fused-ring (bicyclic) bond motifs is 1. The van der Waals surface area contributed by atoms with Crippen LogP contribution in [0.1, 0.15) is 71.5 Å². The molecule has 3 aromatic rings. The van der Waals surface area contributed by atoms with Crippen LogP contribution in [0.4, 0.5) is 13.2 Å². The number of hydrogen-bond acceptors (Lipinski definition) is 5. The summed E-state index contributed by atoms with van der Waals surface area (Å²) in [4.78, 5) is 17.5. The number of carbonyl (C=O) groups is 1. The topological polar surface area (TPSA) is 50.2 Å². The molecule has 1 atom stereocenters. The van der Waals surface area contributed by atoms with E-state index in [1.165, 1.54) is 39.7 Å². The van der Waals surface area contributed by atoms with E-state index in [1.807, 2.05) is 13.8 Å². The highest BCUT2D eigenvalue weighted by Gasteiger charge is 2.31. The van der Waals surface area contributed by atoms with E-state index >= 15 is 0 Å². The van der Waals surface area contributed by atoms with Gasteiger partial charge < -0.3 is 5.11 Å². The molecule has 0 spiro atoms. The normalized spacial score (nSPS) is 13.0. The first-order chi connectivity index (χ1) is 15.6. The van der Waals surface area contributed by atoms with E-state index in [4.69, 9.17) is 5.11 Å². The minimum absolute atomic E-state index is 0.00933. The van der Waals surface area contributed by atoms with Crippen molar-refractivity contribution in [1.29, 1.82) is 0 Å². The minimum Gasteiger partial charge on any atom is -0.481 e. The van der Waals surface area contributed by atoms with Crippen molar-refractivity contribution in [3.63, 3.8) is 0 Å². The Bertz CT molecular complexity index is 1100. The van der Waals surface area contributed by atoms with Crippen molar-refractivity contribution in [2.24, 2.45) is 0 Å². The lowest BCUT2D eigenvalue weighted by Crippen LogP contribution is -2.03. The van der Waals surface area contributed by atoms with Crippen molar-refractivity contribution >= 4 is 50.5 Å². The van der Waals surface area contributed by atoms with Crippen LogP contribution in [0, 0.1) is 13.8 Å². The number of carboxylic acids is 1. The SMILES string of the molecule is CCCCCC(CCSc1nc(C)c(CC(=O)O)s1)c1sc2cc(C(F)(F)F)ccc2c1C. The third-order valence-electron chi connectivity index (χ3n) is 5.71. The van der Waals surface area contributed by atoms with Crippen LogP contribution in [0.25, 0.3) is 10.1 Å². The van der Waals surface area contributed by atoms with Crippen molar-refractivity contribution in [3.05, 3.63) is 44.8 Å². The molecular weight excluding hydrogens is 487 g/mol. The summed E-state index contributed by atoms with van der Waals surface area (Å²) in [6.07, 6.45) is 0.908. The second kappa shape index (κ2) is 11.2. The van der Waals surface area contributed by atoms with Gasteiger partial charge in [-0.3, -0.25) is 4.79 Å². The van der Waals surface area contributed by atoms with Gasteiger partial charge in [-0.25, -0.2) is 4.98 Å². The summed E-state index contributed by atoms with van der Waals surface area (Å²) in [5.74, 6) is 0.260. The number of nitrogens with zero attached hydrogens (tertiary/aromatic N) is 1. The fraction of sp³-hybridized carbons (Fsp3) is 0.500. The number of thiazole rings is 1. The number of aryl methyl sites for hydroxylation is 2. The smallest absolute Gasteiger partial charge is 0.416 e. The van der Waals surface area contributed by atoms with Crippen LogP contribution in [-0.4, -0.2) is 21.8 Å². The van der Waals surface area contributed by atoms with Gasteiger partial charge in [0.15, 0.2) is 0 Å². The fourth-order valence-corrected chi connectivity index (χ4v) is 7.68. The maximum atomic E-state index is 13.2. The third-order valence-corrected chi connectivity index (χ3v) is 9.46. The van der Waals surface area contributed by atoms with Gasteiger partial charge in [-0.05, 0) is 55.7 Å². The molecule has 0 amide bonds. The second-order valence-electron chi connectivity index (χ2n) is 8.19. The van der Waals surface area contributed by atoms with Gasteiger partial charge in [0.2, 0.25) is 0 Å². The fourth-order valence-electron chi connectivity index (χ4n) is 3.91. The number of hydrogen-bond donors (Lipinski definition) is 1. The summed E-state index contributed by atoms with van der Waals surface area (Å²) in [5, 5.41) is 9.94. The Morgan fingerprint density at radius 3 is 2.61 bits per heavy atom. The number of benzene rings is 1.